The number of halogens is 2. The quantitative estimate of drug-likeness (QED) is 0.513. The van der Waals surface area contributed by atoms with E-state index in [1.54, 1.807) is 25.3 Å². The molecule has 0 unspecified atom stereocenters. The molecule has 194 valence electrons. The monoisotopic (exact) mass is 533 g/mol. The largest absolute Gasteiger partial charge is 0.348 e. The molecule has 3 heterocycles. The zero-order valence-electron chi connectivity index (χ0n) is 20.9. The number of rotatable bonds is 6. The molecular formula is C27H25ClFN7O2. The fraction of sp³-hybridized carbons (Fsp3) is 0.407. The lowest BCUT2D eigenvalue weighted by molar-refractivity contribution is -0.118. The topological polar surface area (TPSA) is 117 Å². The minimum absolute atomic E-state index is 0.0208. The van der Waals surface area contributed by atoms with Crippen LogP contribution in [0.5, 0.6) is 0 Å². The van der Waals surface area contributed by atoms with Crippen molar-refractivity contribution in [2.24, 2.45) is 11.8 Å². The number of hydrogen-bond acceptors (Lipinski definition) is 6. The molecular weight excluding hydrogens is 509 g/mol. The van der Waals surface area contributed by atoms with Gasteiger partial charge in [-0.25, -0.2) is 14.1 Å². The minimum Gasteiger partial charge on any atom is -0.348 e. The third-order valence-electron chi connectivity index (χ3n) is 8.10. The number of carbonyl (C=O) groups is 2. The number of aromatic nitrogens is 4. The van der Waals surface area contributed by atoms with Crippen LogP contribution in [0.15, 0.2) is 30.6 Å². The molecule has 3 aliphatic rings. The summed E-state index contributed by atoms with van der Waals surface area (Å²) in [5, 5.41) is 21.0. The number of nitriles is 1. The van der Waals surface area contributed by atoms with Gasteiger partial charge in [0, 0.05) is 35.3 Å². The Morgan fingerprint density at radius 3 is 2.82 bits per heavy atom. The van der Waals surface area contributed by atoms with Crippen molar-refractivity contribution in [1.82, 2.24) is 25.3 Å². The van der Waals surface area contributed by atoms with E-state index < -0.39 is 11.9 Å². The number of carbonyl (C=O) groups excluding carboxylic acids is 2. The molecule has 2 amide bonds. The Balaban J connectivity index is 1.11. The van der Waals surface area contributed by atoms with Gasteiger partial charge in [0.15, 0.2) is 17.3 Å². The lowest BCUT2D eigenvalue weighted by atomic mass is 9.74. The van der Waals surface area contributed by atoms with E-state index in [4.69, 9.17) is 11.6 Å². The van der Waals surface area contributed by atoms with Crippen LogP contribution in [-0.4, -0.2) is 44.4 Å². The summed E-state index contributed by atoms with van der Waals surface area (Å²) in [6, 6.07) is 6.95. The molecule has 3 atom stereocenters. The summed E-state index contributed by atoms with van der Waals surface area (Å²) in [6.45, 7) is 4.00. The summed E-state index contributed by atoms with van der Waals surface area (Å²) in [7, 11) is 0. The smallest absolute Gasteiger partial charge is 0.273 e. The normalized spacial score (nSPS) is 24.4. The van der Waals surface area contributed by atoms with E-state index in [9.17, 15) is 14.9 Å². The number of nitrogens with one attached hydrogen (secondary N) is 1. The maximum absolute atomic E-state index is 15.3. The molecule has 6 rings (SSSR count). The first-order chi connectivity index (χ1) is 18.2. The van der Waals surface area contributed by atoms with Crippen molar-refractivity contribution in [2.45, 2.75) is 51.1 Å². The predicted octanol–water partition coefficient (Wildman–Crippen LogP) is 3.91. The fourth-order valence-corrected chi connectivity index (χ4v) is 5.77. The second kappa shape index (κ2) is 9.17. The Labute approximate surface area is 223 Å². The molecule has 1 saturated heterocycles. The van der Waals surface area contributed by atoms with Crippen LogP contribution in [0.1, 0.15) is 70.9 Å². The van der Waals surface area contributed by atoms with Gasteiger partial charge in [-0.15, -0.1) is 5.10 Å². The number of anilines is 1. The van der Waals surface area contributed by atoms with E-state index in [2.05, 4.69) is 26.7 Å². The molecule has 0 bridgehead atoms. The van der Waals surface area contributed by atoms with Gasteiger partial charge < -0.3 is 5.32 Å². The Morgan fingerprint density at radius 2 is 2.11 bits per heavy atom. The number of fused-ring (bicyclic) bond motifs is 1. The van der Waals surface area contributed by atoms with Gasteiger partial charge in [0.1, 0.15) is 0 Å². The number of nitrogens with zero attached hydrogens (tertiary/aromatic N) is 6. The first-order valence-corrected chi connectivity index (χ1v) is 13.0. The molecule has 2 aliphatic carbocycles. The van der Waals surface area contributed by atoms with Crippen molar-refractivity contribution in [2.75, 3.05) is 11.4 Å². The van der Waals surface area contributed by atoms with Gasteiger partial charge in [0.25, 0.3) is 5.91 Å². The fourth-order valence-electron chi connectivity index (χ4n) is 5.59. The van der Waals surface area contributed by atoms with Crippen LogP contribution in [-0.2, 0) is 4.79 Å². The first-order valence-electron chi connectivity index (χ1n) is 12.6. The van der Waals surface area contributed by atoms with Gasteiger partial charge >= 0.3 is 0 Å². The highest BCUT2D eigenvalue weighted by Gasteiger charge is 2.53. The van der Waals surface area contributed by atoms with Gasteiger partial charge in [-0.2, -0.15) is 5.26 Å². The summed E-state index contributed by atoms with van der Waals surface area (Å²) in [4.78, 5) is 30.9. The number of benzene rings is 1. The van der Waals surface area contributed by atoms with Crippen molar-refractivity contribution >= 4 is 29.2 Å². The van der Waals surface area contributed by atoms with E-state index in [0.717, 1.165) is 12.0 Å². The van der Waals surface area contributed by atoms with Crippen LogP contribution in [0.2, 0.25) is 5.02 Å². The summed E-state index contributed by atoms with van der Waals surface area (Å²) in [6.07, 6.45) is 5.38. The highest BCUT2D eigenvalue weighted by molar-refractivity contribution is 6.30. The molecule has 3 aromatic rings. The second-order valence-electron chi connectivity index (χ2n) is 10.5. The average Bonchev–Trinajstić information content (AvgIpc) is 3.33. The molecule has 0 radical (unpaired) electrons. The van der Waals surface area contributed by atoms with E-state index in [-0.39, 0.29) is 41.2 Å². The standard InChI is InChI=1S/C27H25ClFN7O2/c1-13-22(10-31-25(24(13)29)35-11-17-7-21(17)27(35)38)14(2)36-12-23(33-34-36)26(37)32-19-5-16(6-19)20-8-18(28)4-3-15(20)9-30/h3-4,8,10,12,14,16-17,19,21H,5-7,11H2,1-2H3,(H,32,37)/t14-,16-,17+,19+,21+/m0/s1. The van der Waals surface area contributed by atoms with E-state index in [1.807, 2.05) is 13.0 Å². The number of pyridine rings is 1. The summed E-state index contributed by atoms with van der Waals surface area (Å²) in [5.74, 6) is -0.342. The van der Waals surface area contributed by atoms with Gasteiger partial charge in [-0.3, -0.25) is 14.5 Å². The van der Waals surface area contributed by atoms with Crippen LogP contribution in [0.25, 0.3) is 0 Å². The van der Waals surface area contributed by atoms with Crippen LogP contribution in [0.4, 0.5) is 10.2 Å². The molecule has 3 fully saturated rings. The zero-order valence-corrected chi connectivity index (χ0v) is 21.6. The predicted molar refractivity (Wildman–Crippen MR) is 136 cm³/mol. The highest BCUT2D eigenvalue weighted by Crippen LogP contribution is 2.47. The van der Waals surface area contributed by atoms with Gasteiger partial charge in [-0.1, -0.05) is 16.8 Å². The highest BCUT2D eigenvalue weighted by atomic mass is 35.5. The Morgan fingerprint density at radius 1 is 1.32 bits per heavy atom. The van der Waals surface area contributed by atoms with Gasteiger partial charge in [0.05, 0.1) is 23.9 Å². The maximum atomic E-state index is 15.3. The molecule has 2 saturated carbocycles. The molecule has 2 aromatic heterocycles. The number of piperidine rings is 1. The van der Waals surface area contributed by atoms with Crippen LogP contribution in [0.3, 0.4) is 0 Å². The van der Waals surface area contributed by atoms with Crippen molar-refractivity contribution in [1.29, 1.82) is 5.26 Å². The van der Waals surface area contributed by atoms with Crippen LogP contribution >= 0.6 is 11.6 Å². The number of amides is 2. The van der Waals surface area contributed by atoms with Crippen molar-refractivity contribution in [3.05, 3.63) is 69.4 Å². The van der Waals surface area contributed by atoms with Gasteiger partial charge in [0.2, 0.25) is 5.91 Å². The van der Waals surface area contributed by atoms with E-state index in [1.165, 1.54) is 15.8 Å². The molecule has 1 aliphatic heterocycles. The number of hydrogen-bond donors (Lipinski definition) is 1. The SMILES string of the molecule is Cc1c([C@H](C)n2cc(C(=O)N[C@H]3C[C@@H](c4cc(Cl)ccc4C#N)C3)nn2)cnc(N2C[C@H]3C[C@H]3C2=O)c1F. The van der Waals surface area contributed by atoms with Crippen molar-refractivity contribution in [3.8, 4) is 6.07 Å². The third-order valence-corrected chi connectivity index (χ3v) is 8.34. The third kappa shape index (κ3) is 4.11. The Hall–Kier alpha value is -3.84. The summed E-state index contributed by atoms with van der Waals surface area (Å²) < 4.78 is 16.8. The summed E-state index contributed by atoms with van der Waals surface area (Å²) in [5.41, 5.74) is 2.63. The minimum atomic E-state index is -0.513. The van der Waals surface area contributed by atoms with Gasteiger partial charge in [-0.05, 0) is 74.3 Å². The second-order valence-corrected chi connectivity index (χ2v) is 10.9. The van der Waals surface area contributed by atoms with Crippen molar-refractivity contribution in [3.63, 3.8) is 0 Å². The molecule has 1 aromatic carbocycles. The van der Waals surface area contributed by atoms with Crippen LogP contribution in [0, 0.1) is 35.9 Å². The zero-order chi connectivity index (χ0) is 26.7. The lowest BCUT2D eigenvalue weighted by Gasteiger charge is -2.36. The van der Waals surface area contributed by atoms with Crippen molar-refractivity contribution < 1.29 is 14.0 Å². The average molecular weight is 534 g/mol. The molecule has 1 N–H and O–H groups in total. The van der Waals surface area contributed by atoms with E-state index >= 15 is 4.39 Å². The summed E-state index contributed by atoms with van der Waals surface area (Å²) >= 11 is 6.10. The van der Waals surface area contributed by atoms with Crippen LogP contribution < -0.4 is 10.2 Å². The Kier molecular flexibility index (Phi) is 5.91. The lowest BCUT2D eigenvalue weighted by Crippen LogP contribution is -2.43. The molecule has 38 heavy (non-hydrogen) atoms. The molecule has 0 spiro atoms. The first kappa shape index (κ1) is 24.5. The van der Waals surface area contributed by atoms with E-state index in [0.29, 0.717) is 47.0 Å². The molecule has 9 nitrogen and oxygen atoms in total. The maximum Gasteiger partial charge on any atom is 0.273 e. The Bertz CT molecular complexity index is 1510. The molecule has 11 heteroatoms.